The van der Waals surface area contributed by atoms with Crippen molar-refractivity contribution in [2.24, 2.45) is 5.73 Å². The summed E-state index contributed by atoms with van der Waals surface area (Å²) in [6.45, 7) is 0.302. The van der Waals surface area contributed by atoms with Crippen LogP contribution in [-0.4, -0.2) is 18.6 Å². The fraction of sp³-hybridized carbons (Fsp3) is 0.188. The molecule has 0 fully saturated rings. The van der Waals surface area contributed by atoms with Crippen molar-refractivity contribution < 1.29 is 22.4 Å². The quantitative estimate of drug-likeness (QED) is 0.596. The van der Waals surface area contributed by atoms with Crippen LogP contribution in [0.15, 0.2) is 47.4 Å². The molecule has 0 radical (unpaired) electrons. The minimum atomic E-state index is -4.33. The SMILES string of the molecule is CN(Cc1ccc(SC(F)(F)F)cc1)c1ccc(NC(N)=O)cc1F. The van der Waals surface area contributed by atoms with Crippen molar-refractivity contribution in [1.82, 2.24) is 0 Å². The van der Waals surface area contributed by atoms with E-state index in [1.54, 1.807) is 24.1 Å². The molecule has 134 valence electrons. The molecule has 0 unspecified atom stereocenters. The van der Waals surface area contributed by atoms with Crippen molar-refractivity contribution in [2.75, 3.05) is 17.3 Å². The Balaban J connectivity index is 2.06. The van der Waals surface area contributed by atoms with E-state index >= 15 is 0 Å². The first-order valence-electron chi connectivity index (χ1n) is 7.06. The van der Waals surface area contributed by atoms with Gasteiger partial charge in [0.25, 0.3) is 0 Å². The van der Waals surface area contributed by atoms with Crippen LogP contribution in [0.1, 0.15) is 5.56 Å². The molecule has 9 heteroatoms. The van der Waals surface area contributed by atoms with E-state index in [2.05, 4.69) is 5.32 Å². The number of halogens is 4. The molecule has 2 aromatic carbocycles. The van der Waals surface area contributed by atoms with Gasteiger partial charge in [-0.25, -0.2) is 9.18 Å². The topological polar surface area (TPSA) is 58.4 Å². The average molecular weight is 373 g/mol. The van der Waals surface area contributed by atoms with Gasteiger partial charge in [0, 0.05) is 24.2 Å². The molecule has 0 aliphatic heterocycles. The van der Waals surface area contributed by atoms with Crippen LogP contribution in [0.25, 0.3) is 0 Å². The van der Waals surface area contributed by atoms with Gasteiger partial charge in [-0.15, -0.1) is 0 Å². The maximum absolute atomic E-state index is 14.1. The second-order valence-corrected chi connectivity index (χ2v) is 6.34. The van der Waals surface area contributed by atoms with Gasteiger partial charge in [0.05, 0.1) is 5.69 Å². The minimum absolute atomic E-state index is 0.0898. The third-order valence-corrected chi connectivity index (χ3v) is 3.94. The number of nitrogens with one attached hydrogen (secondary N) is 1. The molecule has 0 aliphatic rings. The van der Waals surface area contributed by atoms with E-state index in [4.69, 9.17) is 5.73 Å². The number of nitrogens with two attached hydrogens (primary N) is 1. The van der Waals surface area contributed by atoms with Gasteiger partial charge >= 0.3 is 11.5 Å². The van der Waals surface area contributed by atoms with E-state index in [1.807, 2.05) is 0 Å². The number of urea groups is 1. The van der Waals surface area contributed by atoms with Crippen molar-refractivity contribution >= 4 is 29.2 Å². The molecule has 25 heavy (non-hydrogen) atoms. The van der Waals surface area contributed by atoms with Crippen LogP contribution in [0, 0.1) is 5.82 Å². The third-order valence-electron chi connectivity index (χ3n) is 3.20. The zero-order valence-corrected chi connectivity index (χ0v) is 13.9. The highest BCUT2D eigenvalue weighted by Gasteiger charge is 2.29. The van der Waals surface area contributed by atoms with Gasteiger partial charge in [0.1, 0.15) is 5.82 Å². The van der Waals surface area contributed by atoms with Crippen molar-refractivity contribution in [2.45, 2.75) is 16.9 Å². The van der Waals surface area contributed by atoms with Gasteiger partial charge in [0.2, 0.25) is 0 Å². The Labute approximate surface area is 146 Å². The van der Waals surface area contributed by atoms with Crippen LogP contribution < -0.4 is 16.0 Å². The van der Waals surface area contributed by atoms with Gasteiger partial charge in [-0.05, 0) is 47.7 Å². The Morgan fingerprint density at radius 1 is 1.20 bits per heavy atom. The van der Waals surface area contributed by atoms with Crippen LogP contribution in [0.5, 0.6) is 0 Å². The summed E-state index contributed by atoms with van der Waals surface area (Å²) < 4.78 is 51.1. The number of thioether (sulfide) groups is 1. The normalized spacial score (nSPS) is 11.2. The van der Waals surface area contributed by atoms with Crippen molar-refractivity contribution in [1.29, 1.82) is 0 Å². The summed E-state index contributed by atoms with van der Waals surface area (Å²) in [5, 5.41) is 2.27. The van der Waals surface area contributed by atoms with Crippen LogP contribution in [0.2, 0.25) is 0 Å². The molecule has 0 saturated carbocycles. The highest BCUT2D eigenvalue weighted by Crippen LogP contribution is 2.36. The molecule has 2 amide bonds. The lowest BCUT2D eigenvalue weighted by atomic mass is 10.2. The van der Waals surface area contributed by atoms with E-state index in [1.165, 1.54) is 24.3 Å². The number of hydrogen-bond acceptors (Lipinski definition) is 3. The molecule has 0 atom stereocenters. The molecule has 0 saturated heterocycles. The largest absolute Gasteiger partial charge is 0.446 e. The zero-order valence-electron chi connectivity index (χ0n) is 13.1. The highest BCUT2D eigenvalue weighted by molar-refractivity contribution is 8.00. The number of alkyl halides is 3. The lowest BCUT2D eigenvalue weighted by molar-refractivity contribution is -0.0328. The number of anilines is 2. The first kappa shape index (κ1) is 18.9. The molecular weight excluding hydrogens is 358 g/mol. The molecule has 0 heterocycles. The molecule has 0 aromatic heterocycles. The highest BCUT2D eigenvalue weighted by atomic mass is 32.2. The Bertz CT molecular complexity index is 750. The number of benzene rings is 2. The fourth-order valence-corrected chi connectivity index (χ4v) is 2.73. The number of hydrogen-bond donors (Lipinski definition) is 2. The van der Waals surface area contributed by atoms with Gasteiger partial charge in [-0.1, -0.05) is 12.1 Å². The maximum atomic E-state index is 14.1. The van der Waals surface area contributed by atoms with E-state index in [0.29, 0.717) is 6.54 Å². The van der Waals surface area contributed by atoms with E-state index < -0.39 is 17.4 Å². The first-order chi connectivity index (χ1) is 11.6. The fourth-order valence-electron chi connectivity index (χ4n) is 2.19. The minimum Gasteiger partial charge on any atom is -0.368 e. The summed E-state index contributed by atoms with van der Waals surface area (Å²) in [5.41, 5.74) is 1.88. The van der Waals surface area contributed by atoms with Gasteiger partial charge in [-0.3, -0.25) is 0 Å². The van der Waals surface area contributed by atoms with Crippen LogP contribution in [0.3, 0.4) is 0 Å². The second-order valence-electron chi connectivity index (χ2n) is 5.20. The maximum Gasteiger partial charge on any atom is 0.446 e. The molecule has 0 bridgehead atoms. The predicted octanol–water partition coefficient (Wildman–Crippen LogP) is 4.56. The molecule has 3 N–H and O–H groups in total. The Kier molecular flexibility index (Phi) is 5.78. The second kappa shape index (κ2) is 7.64. The smallest absolute Gasteiger partial charge is 0.368 e. The van der Waals surface area contributed by atoms with Crippen LogP contribution in [0.4, 0.5) is 33.7 Å². The van der Waals surface area contributed by atoms with Gasteiger partial charge in [0.15, 0.2) is 0 Å². The monoisotopic (exact) mass is 373 g/mol. The Hall–Kier alpha value is -2.42. The van der Waals surface area contributed by atoms with E-state index in [-0.39, 0.29) is 28.0 Å². The van der Waals surface area contributed by atoms with Crippen LogP contribution in [-0.2, 0) is 6.54 Å². The Morgan fingerprint density at radius 3 is 2.36 bits per heavy atom. The summed E-state index contributed by atoms with van der Waals surface area (Å²) in [6.07, 6.45) is 0. The summed E-state index contributed by atoms with van der Waals surface area (Å²) in [5.74, 6) is -0.557. The Morgan fingerprint density at radius 2 is 1.84 bits per heavy atom. The number of carbonyl (C=O) groups is 1. The molecule has 2 rings (SSSR count). The first-order valence-corrected chi connectivity index (χ1v) is 7.87. The van der Waals surface area contributed by atoms with Crippen molar-refractivity contribution in [3.63, 3.8) is 0 Å². The van der Waals surface area contributed by atoms with Crippen molar-refractivity contribution in [3.05, 3.63) is 53.8 Å². The summed E-state index contributed by atoms with van der Waals surface area (Å²) in [6, 6.07) is 9.19. The number of rotatable bonds is 5. The average Bonchev–Trinajstić information content (AvgIpc) is 2.47. The molecular formula is C16H15F4N3OS. The predicted molar refractivity (Wildman–Crippen MR) is 90.1 cm³/mol. The standard InChI is InChI=1S/C16H15F4N3OS/c1-23(14-7-4-11(8-13(14)17)22-15(21)24)9-10-2-5-12(6-3-10)25-16(18,19)20/h2-8H,9H2,1H3,(H3,21,22,24). The molecule has 4 nitrogen and oxygen atoms in total. The lowest BCUT2D eigenvalue weighted by Crippen LogP contribution is -2.20. The summed E-state index contributed by atoms with van der Waals surface area (Å²) in [7, 11) is 1.65. The zero-order chi connectivity index (χ0) is 18.6. The van der Waals surface area contributed by atoms with E-state index in [0.717, 1.165) is 11.6 Å². The lowest BCUT2D eigenvalue weighted by Gasteiger charge is -2.20. The number of nitrogens with zero attached hydrogens (tertiary/aromatic N) is 1. The number of carbonyl (C=O) groups excluding carboxylic acids is 1. The van der Waals surface area contributed by atoms with Crippen molar-refractivity contribution in [3.8, 4) is 0 Å². The molecule has 2 aromatic rings. The summed E-state index contributed by atoms with van der Waals surface area (Å²) >= 11 is -0.185. The van der Waals surface area contributed by atoms with Crippen LogP contribution >= 0.6 is 11.8 Å². The third kappa shape index (κ3) is 5.86. The molecule has 0 aliphatic carbocycles. The number of amides is 2. The number of primary amides is 1. The van der Waals surface area contributed by atoms with Gasteiger partial charge < -0.3 is 16.0 Å². The van der Waals surface area contributed by atoms with E-state index in [9.17, 15) is 22.4 Å². The van der Waals surface area contributed by atoms with Gasteiger partial charge in [-0.2, -0.15) is 13.2 Å². The summed E-state index contributed by atoms with van der Waals surface area (Å²) in [4.78, 5) is 12.5. The molecule has 0 spiro atoms.